The molecule has 0 unspecified atom stereocenters. The lowest BCUT2D eigenvalue weighted by atomic mass is 9.96. The van der Waals surface area contributed by atoms with Gasteiger partial charge in [-0.3, -0.25) is 4.79 Å². The van der Waals surface area contributed by atoms with Crippen LogP contribution in [0.2, 0.25) is 0 Å². The van der Waals surface area contributed by atoms with E-state index in [1.54, 1.807) is 0 Å². The van der Waals surface area contributed by atoms with Gasteiger partial charge >= 0.3 is 5.97 Å². The molecule has 0 aromatic carbocycles. The molecule has 0 aliphatic heterocycles. The van der Waals surface area contributed by atoms with Gasteiger partial charge in [-0.05, 0) is 6.42 Å². The number of nitrogens with two attached hydrogens (primary N) is 1. The highest BCUT2D eigenvalue weighted by Crippen LogP contribution is 2.12. The van der Waals surface area contributed by atoms with Crippen LogP contribution in [0.1, 0.15) is 6.42 Å². The van der Waals surface area contributed by atoms with Crippen molar-refractivity contribution >= 4 is 5.97 Å². The van der Waals surface area contributed by atoms with E-state index < -0.39 is 6.04 Å². The van der Waals surface area contributed by atoms with E-state index >= 15 is 0 Å². The van der Waals surface area contributed by atoms with Crippen LogP contribution in [0.4, 0.5) is 0 Å². The summed E-state index contributed by atoms with van der Waals surface area (Å²) in [5.74, 6) is -0.373. The number of esters is 1. The SMILES string of the molecule is COC(=O)[C@@H](N)C1C=CCC=C1. The highest BCUT2D eigenvalue weighted by Gasteiger charge is 2.21. The lowest BCUT2D eigenvalue weighted by molar-refractivity contribution is -0.142. The summed E-state index contributed by atoms with van der Waals surface area (Å²) >= 11 is 0. The van der Waals surface area contributed by atoms with E-state index in [2.05, 4.69) is 4.74 Å². The molecule has 0 bridgehead atoms. The maximum atomic E-state index is 11.0. The third-order valence-corrected chi connectivity index (χ3v) is 1.88. The minimum Gasteiger partial charge on any atom is -0.468 e. The Morgan fingerprint density at radius 1 is 1.58 bits per heavy atom. The zero-order valence-electron chi connectivity index (χ0n) is 7.07. The Balaban J connectivity index is 2.56. The molecule has 2 N–H and O–H groups in total. The fourth-order valence-electron chi connectivity index (χ4n) is 1.15. The molecule has 0 aromatic heterocycles. The molecule has 0 amide bonds. The second-order valence-corrected chi connectivity index (χ2v) is 2.72. The van der Waals surface area contributed by atoms with Crippen molar-refractivity contribution in [1.82, 2.24) is 0 Å². The van der Waals surface area contributed by atoms with Crippen molar-refractivity contribution in [2.45, 2.75) is 12.5 Å². The van der Waals surface area contributed by atoms with Gasteiger partial charge in [0.15, 0.2) is 0 Å². The molecule has 3 heteroatoms. The summed E-state index contributed by atoms with van der Waals surface area (Å²) in [4.78, 5) is 11.0. The number of hydrogen-bond acceptors (Lipinski definition) is 3. The predicted octanol–water partition coefficient (Wildman–Crippen LogP) is 0.619. The first-order chi connectivity index (χ1) is 5.75. The van der Waals surface area contributed by atoms with Crippen LogP contribution in [0.25, 0.3) is 0 Å². The van der Waals surface area contributed by atoms with Crippen LogP contribution in [-0.4, -0.2) is 19.1 Å². The van der Waals surface area contributed by atoms with Gasteiger partial charge in [0, 0.05) is 5.92 Å². The van der Waals surface area contributed by atoms with Gasteiger partial charge in [0.05, 0.1) is 7.11 Å². The molecule has 0 aromatic rings. The molecule has 1 atom stereocenters. The Kier molecular flexibility index (Phi) is 3.05. The quantitative estimate of drug-likeness (QED) is 0.484. The number of ether oxygens (including phenoxy) is 1. The molecule has 1 aliphatic carbocycles. The van der Waals surface area contributed by atoms with Crippen LogP contribution in [0, 0.1) is 5.92 Å². The van der Waals surface area contributed by atoms with E-state index in [0.717, 1.165) is 6.42 Å². The monoisotopic (exact) mass is 167 g/mol. The molecule has 0 heterocycles. The van der Waals surface area contributed by atoms with E-state index in [-0.39, 0.29) is 11.9 Å². The lowest BCUT2D eigenvalue weighted by Gasteiger charge is -2.16. The van der Waals surface area contributed by atoms with E-state index in [1.807, 2.05) is 24.3 Å². The second-order valence-electron chi connectivity index (χ2n) is 2.72. The van der Waals surface area contributed by atoms with Crippen LogP contribution in [0.15, 0.2) is 24.3 Å². The van der Waals surface area contributed by atoms with Crippen LogP contribution in [-0.2, 0) is 9.53 Å². The molecule has 1 aliphatic rings. The van der Waals surface area contributed by atoms with Gasteiger partial charge in [-0.1, -0.05) is 24.3 Å². The number of methoxy groups -OCH3 is 1. The largest absolute Gasteiger partial charge is 0.468 e. The van der Waals surface area contributed by atoms with Crippen molar-refractivity contribution in [3.8, 4) is 0 Å². The molecule has 0 radical (unpaired) electrons. The first-order valence-corrected chi connectivity index (χ1v) is 3.92. The fraction of sp³-hybridized carbons (Fsp3) is 0.444. The molecule has 1 rings (SSSR count). The number of rotatable bonds is 2. The third-order valence-electron chi connectivity index (χ3n) is 1.88. The van der Waals surface area contributed by atoms with Crippen LogP contribution in [0.5, 0.6) is 0 Å². The average Bonchev–Trinajstić information content (AvgIpc) is 2.17. The highest BCUT2D eigenvalue weighted by molar-refractivity contribution is 5.76. The normalized spacial score (nSPS) is 19.2. The standard InChI is InChI=1S/C9H13NO2/c1-12-9(11)8(10)7-5-3-2-4-6-7/h3-8H,2,10H2,1H3/t8-/m0/s1. The van der Waals surface area contributed by atoms with Gasteiger partial charge in [0.25, 0.3) is 0 Å². The molecule has 66 valence electrons. The Morgan fingerprint density at radius 3 is 2.67 bits per heavy atom. The summed E-state index contributed by atoms with van der Waals surface area (Å²) in [6, 6.07) is -0.567. The molecule has 3 nitrogen and oxygen atoms in total. The van der Waals surface area contributed by atoms with Gasteiger partial charge in [0.1, 0.15) is 6.04 Å². The Hall–Kier alpha value is -1.09. The summed E-state index contributed by atoms with van der Waals surface area (Å²) in [5, 5.41) is 0. The van der Waals surface area contributed by atoms with Crippen molar-refractivity contribution in [2.24, 2.45) is 11.7 Å². The highest BCUT2D eigenvalue weighted by atomic mass is 16.5. The van der Waals surface area contributed by atoms with Gasteiger partial charge in [-0.25, -0.2) is 0 Å². The smallest absolute Gasteiger partial charge is 0.323 e. The maximum absolute atomic E-state index is 11.0. The predicted molar refractivity (Wildman–Crippen MR) is 46.4 cm³/mol. The van der Waals surface area contributed by atoms with Crippen molar-refractivity contribution in [3.63, 3.8) is 0 Å². The van der Waals surface area contributed by atoms with Crippen molar-refractivity contribution < 1.29 is 9.53 Å². The first-order valence-electron chi connectivity index (χ1n) is 3.92. The van der Waals surface area contributed by atoms with E-state index in [0.29, 0.717) is 0 Å². The van der Waals surface area contributed by atoms with Gasteiger partial charge in [-0.2, -0.15) is 0 Å². The topological polar surface area (TPSA) is 52.3 Å². The number of carbonyl (C=O) groups excluding carboxylic acids is 1. The maximum Gasteiger partial charge on any atom is 0.323 e. The Labute approximate surface area is 71.9 Å². The molecular weight excluding hydrogens is 154 g/mol. The van der Waals surface area contributed by atoms with Crippen LogP contribution < -0.4 is 5.73 Å². The minimum atomic E-state index is -0.567. The zero-order chi connectivity index (χ0) is 8.97. The zero-order valence-corrected chi connectivity index (χ0v) is 7.07. The average molecular weight is 167 g/mol. The molecular formula is C9H13NO2. The fourth-order valence-corrected chi connectivity index (χ4v) is 1.15. The van der Waals surface area contributed by atoms with Gasteiger partial charge in [-0.15, -0.1) is 0 Å². The minimum absolute atomic E-state index is 0.00815. The lowest BCUT2D eigenvalue weighted by Crippen LogP contribution is -2.37. The Morgan fingerprint density at radius 2 is 2.17 bits per heavy atom. The molecule has 0 saturated carbocycles. The van der Waals surface area contributed by atoms with Gasteiger partial charge < -0.3 is 10.5 Å². The first kappa shape index (κ1) is 9.00. The van der Waals surface area contributed by atoms with Crippen molar-refractivity contribution in [2.75, 3.05) is 7.11 Å². The van der Waals surface area contributed by atoms with Crippen LogP contribution in [0.3, 0.4) is 0 Å². The van der Waals surface area contributed by atoms with E-state index in [4.69, 9.17) is 5.73 Å². The third kappa shape index (κ3) is 1.95. The molecule has 0 spiro atoms. The molecule has 12 heavy (non-hydrogen) atoms. The van der Waals surface area contributed by atoms with Gasteiger partial charge in [0.2, 0.25) is 0 Å². The summed E-state index contributed by atoms with van der Waals surface area (Å²) in [7, 11) is 1.35. The van der Waals surface area contributed by atoms with Crippen molar-refractivity contribution in [1.29, 1.82) is 0 Å². The summed E-state index contributed by atoms with van der Waals surface area (Å²) in [6.45, 7) is 0. The van der Waals surface area contributed by atoms with E-state index in [1.165, 1.54) is 7.11 Å². The molecule has 0 saturated heterocycles. The summed E-state index contributed by atoms with van der Waals surface area (Å²) < 4.78 is 4.53. The number of allylic oxidation sites excluding steroid dienone is 2. The number of hydrogen-bond donors (Lipinski definition) is 1. The number of carbonyl (C=O) groups is 1. The molecule has 0 fully saturated rings. The second kappa shape index (κ2) is 4.07. The Bertz CT molecular complexity index is 209. The van der Waals surface area contributed by atoms with Crippen LogP contribution >= 0.6 is 0 Å². The van der Waals surface area contributed by atoms with E-state index in [9.17, 15) is 4.79 Å². The van der Waals surface area contributed by atoms with Crippen molar-refractivity contribution in [3.05, 3.63) is 24.3 Å². The summed E-state index contributed by atoms with van der Waals surface area (Å²) in [6.07, 6.45) is 8.77. The summed E-state index contributed by atoms with van der Waals surface area (Å²) in [5.41, 5.74) is 5.63.